The van der Waals surface area contributed by atoms with Gasteiger partial charge in [-0.2, -0.15) is 0 Å². The molecule has 4 nitrogen and oxygen atoms in total. The Labute approximate surface area is 98.0 Å². The lowest BCUT2D eigenvalue weighted by Gasteiger charge is -2.31. The highest BCUT2D eigenvalue weighted by Crippen LogP contribution is 2.20. The molecule has 0 aromatic carbocycles. The van der Waals surface area contributed by atoms with E-state index in [0.717, 1.165) is 12.8 Å². The van der Waals surface area contributed by atoms with Crippen LogP contribution < -0.4 is 5.32 Å². The molecule has 1 saturated carbocycles. The second kappa shape index (κ2) is 7.22. The third-order valence-corrected chi connectivity index (χ3v) is 3.60. The molecule has 1 aliphatic rings. The molecule has 0 saturated heterocycles. The van der Waals surface area contributed by atoms with Gasteiger partial charge in [0.2, 0.25) is 0 Å². The van der Waals surface area contributed by atoms with E-state index in [4.69, 9.17) is 4.74 Å². The summed E-state index contributed by atoms with van der Waals surface area (Å²) in [7, 11) is 0. The molecule has 0 atom stereocenters. The van der Waals surface area contributed by atoms with Gasteiger partial charge in [0.05, 0.1) is 31.6 Å². The van der Waals surface area contributed by atoms with E-state index in [2.05, 4.69) is 5.32 Å². The van der Waals surface area contributed by atoms with Crippen molar-refractivity contribution in [3.8, 4) is 0 Å². The third-order valence-electron chi connectivity index (χ3n) is 3.60. The summed E-state index contributed by atoms with van der Waals surface area (Å²) >= 11 is 0. The van der Waals surface area contributed by atoms with Crippen molar-refractivity contribution in [3.05, 3.63) is 0 Å². The van der Waals surface area contributed by atoms with Gasteiger partial charge in [-0.05, 0) is 19.3 Å². The zero-order chi connectivity index (χ0) is 11.9. The van der Waals surface area contributed by atoms with Gasteiger partial charge in [-0.1, -0.05) is 26.2 Å². The van der Waals surface area contributed by atoms with Gasteiger partial charge in [-0.15, -0.1) is 0 Å². The van der Waals surface area contributed by atoms with E-state index in [0.29, 0.717) is 19.3 Å². The molecular weight excluding hydrogens is 206 g/mol. The van der Waals surface area contributed by atoms with Crippen LogP contribution in [-0.2, 0) is 4.74 Å². The Kier molecular flexibility index (Phi) is 6.28. The van der Waals surface area contributed by atoms with Gasteiger partial charge in [0.1, 0.15) is 0 Å². The summed E-state index contributed by atoms with van der Waals surface area (Å²) < 4.78 is 5.71. The second-order valence-corrected chi connectivity index (χ2v) is 4.70. The van der Waals surface area contributed by atoms with Crippen LogP contribution >= 0.6 is 0 Å². The highest BCUT2D eigenvalue weighted by molar-refractivity contribution is 4.84. The molecule has 1 rings (SSSR count). The summed E-state index contributed by atoms with van der Waals surface area (Å²) in [5.41, 5.74) is -0.589. The summed E-state index contributed by atoms with van der Waals surface area (Å²) in [5.74, 6) is 0. The van der Waals surface area contributed by atoms with Crippen LogP contribution in [0.3, 0.4) is 0 Å². The monoisotopic (exact) mass is 231 g/mol. The molecule has 0 aromatic rings. The Bertz CT molecular complexity index is 169. The SMILES string of the molecule is CCC(CO)(CO)NCOC1CCCCC1. The van der Waals surface area contributed by atoms with Crippen LogP contribution in [0.25, 0.3) is 0 Å². The normalized spacial score (nSPS) is 18.9. The number of hydrogen-bond acceptors (Lipinski definition) is 4. The van der Waals surface area contributed by atoms with Crippen LogP contribution in [0, 0.1) is 0 Å². The lowest BCUT2D eigenvalue weighted by atomic mass is 9.98. The maximum Gasteiger partial charge on any atom is 0.0974 e. The largest absolute Gasteiger partial charge is 0.394 e. The van der Waals surface area contributed by atoms with Crippen LogP contribution in [-0.4, -0.2) is 41.8 Å². The number of aliphatic hydroxyl groups is 2. The van der Waals surface area contributed by atoms with Gasteiger partial charge in [-0.25, -0.2) is 0 Å². The quantitative estimate of drug-likeness (QED) is 0.572. The maximum absolute atomic E-state index is 9.24. The van der Waals surface area contributed by atoms with Crippen molar-refractivity contribution in [2.45, 2.75) is 57.1 Å². The lowest BCUT2D eigenvalue weighted by Crippen LogP contribution is -2.52. The number of hydrogen-bond donors (Lipinski definition) is 3. The molecule has 1 fully saturated rings. The topological polar surface area (TPSA) is 61.7 Å². The molecule has 3 N–H and O–H groups in total. The smallest absolute Gasteiger partial charge is 0.0974 e. The highest BCUT2D eigenvalue weighted by Gasteiger charge is 2.26. The van der Waals surface area contributed by atoms with E-state index < -0.39 is 5.54 Å². The van der Waals surface area contributed by atoms with Crippen LogP contribution in [0.5, 0.6) is 0 Å². The number of nitrogens with one attached hydrogen (secondary N) is 1. The van der Waals surface area contributed by atoms with Crippen molar-refractivity contribution in [3.63, 3.8) is 0 Å². The first kappa shape index (κ1) is 13.9. The predicted octanol–water partition coefficient (Wildman–Crippen LogP) is 1.02. The molecule has 16 heavy (non-hydrogen) atoms. The van der Waals surface area contributed by atoms with Gasteiger partial charge in [0.15, 0.2) is 0 Å². The minimum atomic E-state index is -0.589. The van der Waals surface area contributed by atoms with E-state index in [1.807, 2.05) is 6.92 Å². The molecule has 0 heterocycles. The summed E-state index contributed by atoms with van der Waals surface area (Å²) in [4.78, 5) is 0. The highest BCUT2D eigenvalue weighted by atomic mass is 16.5. The van der Waals surface area contributed by atoms with Crippen LogP contribution in [0.1, 0.15) is 45.4 Å². The molecule has 1 aliphatic carbocycles. The average molecular weight is 231 g/mol. The second-order valence-electron chi connectivity index (χ2n) is 4.70. The standard InChI is InChI=1S/C12H25NO3/c1-2-12(8-14,9-15)13-10-16-11-6-4-3-5-7-11/h11,13-15H,2-10H2,1H3. The summed E-state index contributed by atoms with van der Waals surface area (Å²) in [6.07, 6.45) is 7.15. The Hall–Kier alpha value is -0.160. The molecule has 0 aromatic heterocycles. The van der Waals surface area contributed by atoms with E-state index in [-0.39, 0.29) is 13.2 Å². The first-order valence-corrected chi connectivity index (χ1v) is 6.34. The lowest BCUT2D eigenvalue weighted by molar-refractivity contribution is -0.0147. The van der Waals surface area contributed by atoms with Crippen molar-refractivity contribution >= 4 is 0 Å². The van der Waals surface area contributed by atoms with Gasteiger partial charge in [-0.3, -0.25) is 5.32 Å². The Morgan fingerprint density at radius 1 is 1.19 bits per heavy atom. The molecule has 0 aliphatic heterocycles. The Morgan fingerprint density at radius 3 is 2.31 bits per heavy atom. The van der Waals surface area contributed by atoms with E-state index in [1.54, 1.807) is 0 Å². The number of rotatable bonds is 7. The summed E-state index contributed by atoms with van der Waals surface area (Å²) in [5, 5.41) is 21.6. The van der Waals surface area contributed by atoms with Crippen LogP contribution in [0.4, 0.5) is 0 Å². The van der Waals surface area contributed by atoms with Gasteiger partial charge < -0.3 is 14.9 Å². The van der Waals surface area contributed by atoms with E-state index in [9.17, 15) is 10.2 Å². The van der Waals surface area contributed by atoms with Gasteiger partial charge in [0, 0.05) is 0 Å². The number of aliphatic hydroxyl groups excluding tert-OH is 2. The zero-order valence-corrected chi connectivity index (χ0v) is 10.2. The minimum absolute atomic E-state index is 0.0615. The molecule has 0 radical (unpaired) electrons. The van der Waals surface area contributed by atoms with Crippen molar-refractivity contribution in [1.82, 2.24) is 5.32 Å². The summed E-state index contributed by atoms with van der Waals surface area (Å²) in [6, 6.07) is 0. The zero-order valence-electron chi connectivity index (χ0n) is 10.2. The molecular formula is C12H25NO3. The van der Waals surface area contributed by atoms with Crippen molar-refractivity contribution < 1.29 is 14.9 Å². The fourth-order valence-electron chi connectivity index (χ4n) is 2.05. The molecule has 0 bridgehead atoms. The molecule has 0 amide bonds. The molecule has 96 valence electrons. The molecule has 4 heteroatoms. The first-order valence-electron chi connectivity index (χ1n) is 6.34. The Balaban J connectivity index is 2.21. The van der Waals surface area contributed by atoms with Crippen LogP contribution in [0.15, 0.2) is 0 Å². The van der Waals surface area contributed by atoms with Crippen molar-refractivity contribution in [2.24, 2.45) is 0 Å². The average Bonchev–Trinajstić information content (AvgIpc) is 2.37. The minimum Gasteiger partial charge on any atom is -0.394 e. The molecule has 0 spiro atoms. The van der Waals surface area contributed by atoms with Crippen molar-refractivity contribution in [1.29, 1.82) is 0 Å². The van der Waals surface area contributed by atoms with Gasteiger partial charge in [0.25, 0.3) is 0 Å². The number of ether oxygens (including phenoxy) is 1. The Morgan fingerprint density at radius 2 is 1.81 bits per heavy atom. The van der Waals surface area contributed by atoms with E-state index in [1.165, 1.54) is 19.3 Å². The first-order chi connectivity index (χ1) is 7.76. The van der Waals surface area contributed by atoms with Crippen molar-refractivity contribution in [2.75, 3.05) is 19.9 Å². The molecule has 0 unspecified atom stereocenters. The fraction of sp³-hybridized carbons (Fsp3) is 1.00. The maximum atomic E-state index is 9.24. The predicted molar refractivity (Wildman–Crippen MR) is 63.2 cm³/mol. The fourth-order valence-corrected chi connectivity index (χ4v) is 2.05. The third kappa shape index (κ3) is 4.01. The van der Waals surface area contributed by atoms with Crippen LogP contribution in [0.2, 0.25) is 0 Å². The van der Waals surface area contributed by atoms with Gasteiger partial charge >= 0.3 is 0 Å². The summed E-state index contributed by atoms with van der Waals surface area (Å²) in [6.45, 7) is 2.24. The van der Waals surface area contributed by atoms with E-state index >= 15 is 0 Å².